The number of benzene rings is 1. The molecule has 4 heteroatoms. The number of H-pyrrole nitrogens is 1. The van der Waals surface area contributed by atoms with Gasteiger partial charge in [-0.15, -0.1) is 0 Å². The molecule has 2 aromatic rings. The number of methoxy groups -OCH3 is 1. The van der Waals surface area contributed by atoms with Gasteiger partial charge in [-0.05, 0) is 18.1 Å². The second-order valence-electron chi connectivity index (χ2n) is 4.69. The van der Waals surface area contributed by atoms with Gasteiger partial charge in [0, 0.05) is 69.0 Å². The van der Waals surface area contributed by atoms with Crippen molar-refractivity contribution in [2.75, 3.05) is 13.7 Å². The largest absolute Gasteiger partial charge is 0.450 e. The van der Waals surface area contributed by atoms with E-state index in [1.165, 1.54) is 22.2 Å². The summed E-state index contributed by atoms with van der Waals surface area (Å²) in [4.78, 5) is 5.60. The molecule has 1 unspecified atom stereocenters. The molecule has 0 saturated heterocycles. The number of aromatic nitrogens is 1. The van der Waals surface area contributed by atoms with E-state index in [2.05, 4.69) is 41.2 Å². The van der Waals surface area contributed by atoms with Crippen molar-refractivity contribution in [3.8, 4) is 0 Å². The molecule has 1 aromatic heterocycles. The average Bonchev–Trinajstić information content (AvgIpc) is 2.67. The third kappa shape index (κ3) is 3.10. The Morgan fingerprint density at radius 1 is 1.42 bits per heavy atom. The predicted molar refractivity (Wildman–Crippen MR) is 75.0 cm³/mol. The number of fused-ring (bicyclic) bond motifs is 3. The van der Waals surface area contributed by atoms with Gasteiger partial charge in [0.05, 0.1) is 6.61 Å². The Morgan fingerprint density at radius 3 is 2.89 bits per heavy atom. The zero-order valence-electron chi connectivity index (χ0n) is 11.6. The molecule has 3 nitrogen and oxygen atoms in total. The van der Waals surface area contributed by atoms with E-state index >= 15 is 0 Å². The van der Waals surface area contributed by atoms with Crippen molar-refractivity contribution in [1.29, 1.82) is 0 Å². The molecule has 1 radical (unpaired) electrons. The van der Waals surface area contributed by atoms with Crippen LogP contribution in [0.1, 0.15) is 11.3 Å². The standard InChI is InChI=1S/C14H17N2O.CH3.Y/c1-16-8-14-12(7-10(16)9-17-2)11-5-3-4-6-13(11)15-14;;/h3-6,10,15H,1,7-9H2,2H3;1H3;/q2*-1;. The first-order valence-electron chi connectivity index (χ1n) is 5.94. The minimum absolute atomic E-state index is 0. The summed E-state index contributed by atoms with van der Waals surface area (Å²) < 4.78 is 5.26. The molecule has 0 amide bonds. The normalized spacial score (nSPS) is 18.5. The zero-order chi connectivity index (χ0) is 11.8. The van der Waals surface area contributed by atoms with Crippen molar-refractivity contribution in [3.05, 3.63) is 50.0 Å². The smallest absolute Gasteiger partial charge is 0.0597 e. The van der Waals surface area contributed by atoms with Crippen LogP contribution in [0, 0.1) is 14.5 Å². The summed E-state index contributed by atoms with van der Waals surface area (Å²) in [6.07, 6.45) is 1.01. The van der Waals surface area contributed by atoms with E-state index in [9.17, 15) is 0 Å². The van der Waals surface area contributed by atoms with E-state index in [1.54, 1.807) is 7.11 Å². The van der Waals surface area contributed by atoms with Crippen molar-refractivity contribution < 1.29 is 37.4 Å². The fourth-order valence-corrected chi connectivity index (χ4v) is 2.68. The third-order valence-electron chi connectivity index (χ3n) is 3.58. The first-order valence-corrected chi connectivity index (χ1v) is 5.94. The number of ether oxygens (including phenoxy) is 1. The van der Waals surface area contributed by atoms with Crippen LogP contribution in [0.3, 0.4) is 0 Å². The van der Waals surface area contributed by atoms with Gasteiger partial charge in [-0.1, -0.05) is 18.2 Å². The Morgan fingerprint density at radius 2 is 2.16 bits per heavy atom. The van der Waals surface area contributed by atoms with Crippen molar-refractivity contribution in [2.24, 2.45) is 0 Å². The molecule has 1 N–H and O–H groups in total. The number of para-hydroxylation sites is 1. The maximum atomic E-state index is 5.26. The number of hydrogen-bond acceptors (Lipinski definition) is 2. The summed E-state index contributed by atoms with van der Waals surface area (Å²) in [5, 5.41) is 1.34. The van der Waals surface area contributed by atoms with Crippen LogP contribution in [-0.2, 0) is 50.4 Å². The molecule has 1 aliphatic heterocycles. The summed E-state index contributed by atoms with van der Waals surface area (Å²) in [5.41, 5.74) is 3.96. The van der Waals surface area contributed by atoms with Gasteiger partial charge in [0.1, 0.15) is 0 Å². The van der Waals surface area contributed by atoms with Gasteiger partial charge in [0.2, 0.25) is 0 Å². The van der Waals surface area contributed by atoms with Crippen molar-refractivity contribution >= 4 is 10.9 Å². The van der Waals surface area contributed by atoms with E-state index < -0.39 is 0 Å². The molecular formula is C15H20N2OY-2. The summed E-state index contributed by atoms with van der Waals surface area (Å²) in [6.45, 7) is 1.61. The van der Waals surface area contributed by atoms with Gasteiger partial charge in [-0.3, -0.25) is 7.05 Å². The Hall–Kier alpha value is -0.216. The van der Waals surface area contributed by atoms with Gasteiger partial charge in [0.25, 0.3) is 0 Å². The second kappa shape index (κ2) is 6.98. The van der Waals surface area contributed by atoms with Crippen LogP contribution in [0.25, 0.3) is 10.9 Å². The second-order valence-corrected chi connectivity index (χ2v) is 4.69. The van der Waals surface area contributed by atoms with Crippen LogP contribution < -0.4 is 0 Å². The van der Waals surface area contributed by atoms with Crippen LogP contribution in [0.15, 0.2) is 24.3 Å². The minimum Gasteiger partial charge on any atom is -0.450 e. The van der Waals surface area contributed by atoms with Crippen LogP contribution in [0.5, 0.6) is 0 Å². The number of rotatable bonds is 2. The molecule has 0 saturated carbocycles. The van der Waals surface area contributed by atoms with Crippen LogP contribution >= 0.6 is 0 Å². The Labute approximate surface area is 140 Å². The van der Waals surface area contributed by atoms with Crippen molar-refractivity contribution in [2.45, 2.75) is 19.0 Å². The topological polar surface area (TPSA) is 28.3 Å². The fourth-order valence-electron chi connectivity index (χ4n) is 2.68. The molecule has 101 valence electrons. The van der Waals surface area contributed by atoms with E-state index in [4.69, 9.17) is 4.74 Å². The molecule has 0 fully saturated rings. The fraction of sp³-hybridized carbons (Fsp3) is 0.333. The van der Waals surface area contributed by atoms with Crippen LogP contribution in [0.2, 0.25) is 0 Å². The van der Waals surface area contributed by atoms with Gasteiger partial charge < -0.3 is 22.0 Å². The van der Waals surface area contributed by atoms with Crippen molar-refractivity contribution in [3.63, 3.8) is 0 Å². The molecule has 2 heterocycles. The van der Waals surface area contributed by atoms with E-state index in [0.29, 0.717) is 6.04 Å². The third-order valence-corrected chi connectivity index (χ3v) is 3.58. The first-order chi connectivity index (χ1) is 8.29. The van der Waals surface area contributed by atoms with Crippen molar-refractivity contribution in [1.82, 2.24) is 9.88 Å². The zero-order valence-corrected chi connectivity index (χ0v) is 14.5. The summed E-state index contributed by atoms with van der Waals surface area (Å²) >= 11 is 0. The van der Waals surface area contributed by atoms with Gasteiger partial charge in [-0.2, -0.15) is 0 Å². The minimum atomic E-state index is 0. The quantitative estimate of drug-likeness (QED) is 0.856. The van der Waals surface area contributed by atoms with Gasteiger partial charge in [0.15, 0.2) is 0 Å². The summed E-state index contributed by atoms with van der Waals surface area (Å²) in [7, 11) is 5.85. The Kier molecular flexibility index (Phi) is 6.19. The summed E-state index contributed by atoms with van der Waals surface area (Å²) in [6, 6.07) is 8.86. The predicted octanol–water partition coefficient (Wildman–Crippen LogP) is 2.78. The Bertz CT molecular complexity index is 538. The maximum Gasteiger partial charge on any atom is 0.0597 e. The molecule has 1 aliphatic rings. The number of hydrogen-bond donors (Lipinski definition) is 1. The van der Waals surface area contributed by atoms with Crippen LogP contribution in [-0.4, -0.2) is 29.6 Å². The van der Waals surface area contributed by atoms with Gasteiger partial charge in [-0.25, -0.2) is 0 Å². The molecule has 0 bridgehead atoms. The molecule has 1 aromatic carbocycles. The molecule has 3 rings (SSSR count). The van der Waals surface area contributed by atoms with E-state index in [0.717, 1.165) is 19.6 Å². The number of nitrogens with one attached hydrogen (secondary N) is 1. The molecule has 19 heavy (non-hydrogen) atoms. The van der Waals surface area contributed by atoms with Gasteiger partial charge >= 0.3 is 0 Å². The Balaban J connectivity index is 0.000000902. The average molecular weight is 333 g/mol. The van der Waals surface area contributed by atoms with E-state index in [-0.39, 0.29) is 40.1 Å². The van der Waals surface area contributed by atoms with E-state index in [1.807, 2.05) is 0 Å². The number of aromatic amines is 1. The monoisotopic (exact) mass is 333 g/mol. The molecule has 0 aliphatic carbocycles. The molecule has 0 spiro atoms. The summed E-state index contributed by atoms with van der Waals surface area (Å²) in [5.74, 6) is 0. The first kappa shape index (κ1) is 16.8. The van der Waals surface area contributed by atoms with Crippen LogP contribution in [0.4, 0.5) is 0 Å². The SMILES string of the molecule is [CH2-]N1Cc2[nH]c3ccccc3c2CC1COC.[CH3-].[Y]. The maximum absolute atomic E-state index is 5.26. The number of nitrogens with zero attached hydrogens (tertiary/aromatic N) is 1. The molecule has 1 atom stereocenters. The molecular weight excluding hydrogens is 313 g/mol.